The van der Waals surface area contributed by atoms with Gasteiger partial charge in [-0.15, -0.1) is 0 Å². The molecule has 1 aromatic carbocycles. The van der Waals surface area contributed by atoms with Crippen LogP contribution >= 0.6 is 0 Å². The maximum atomic E-state index is 5.93. The first-order valence-corrected chi connectivity index (χ1v) is 6.72. The predicted octanol–water partition coefficient (Wildman–Crippen LogP) is 1.96. The van der Waals surface area contributed by atoms with E-state index < -0.39 is 0 Å². The van der Waals surface area contributed by atoms with Crippen LogP contribution in [-0.4, -0.2) is 34.0 Å². The summed E-state index contributed by atoms with van der Waals surface area (Å²) >= 11 is 0. The third-order valence-corrected chi connectivity index (χ3v) is 4.24. The lowest BCUT2D eigenvalue weighted by atomic mass is 9.67. The molecule has 0 radical (unpaired) electrons. The van der Waals surface area contributed by atoms with Crippen LogP contribution in [0.2, 0.25) is 0 Å². The molecule has 1 aliphatic rings. The van der Waals surface area contributed by atoms with E-state index in [4.69, 9.17) is 19.9 Å². The predicted molar refractivity (Wildman–Crippen MR) is 74.9 cm³/mol. The van der Waals surface area contributed by atoms with Gasteiger partial charge in [0.25, 0.3) is 0 Å². The van der Waals surface area contributed by atoms with E-state index in [-0.39, 0.29) is 5.41 Å². The molecule has 4 heteroatoms. The summed E-state index contributed by atoms with van der Waals surface area (Å²) in [5.74, 6) is 1.94. The minimum absolute atomic E-state index is 0.0308. The molecule has 2 rings (SSSR count). The van der Waals surface area contributed by atoms with Gasteiger partial charge in [-0.05, 0) is 30.2 Å². The van der Waals surface area contributed by atoms with Crippen LogP contribution in [0.3, 0.4) is 0 Å². The van der Waals surface area contributed by atoms with Crippen LogP contribution in [-0.2, 0) is 10.2 Å². The lowest BCUT2D eigenvalue weighted by molar-refractivity contribution is -0.0898. The van der Waals surface area contributed by atoms with Gasteiger partial charge in [0.1, 0.15) is 0 Å². The Balaban J connectivity index is 2.38. The van der Waals surface area contributed by atoms with Crippen LogP contribution in [0.15, 0.2) is 18.2 Å². The van der Waals surface area contributed by atoms with E-state index in [1.807, 2.05) is 6.07 Å². The highest BCUT2D eigenvalue weighted by Crippen LogP contribution is 2.43. The van der Waals surface area contributed by atoms with Crippen molar-refractivity contribution in [1.82, 2.24) is 0 Å². The van der Waals surface area contributed by atoms with Crippen LogP contribution in [0.5, 0.6) is 11.5 Å². The summed E-state index contributed by atoms with van der Waals surface area (Å²) in [6.45, 7) is 4.32. The van der Waals surface area contributed by atoms with Gasteiger partial charge in [0, 0.05) is 5.41 Å². The fourth-order valence-corrected chi connectivity index (χ4v) is 2.89. The molecule has 2 N–H and O–H groups in total. The molecule has 106 valence electrons. The Kier molecular flexibility index (Phi) is 4.32. The van der Waals surface area contributed by atoms with E-state index >= 15 is 0 Å². The lowest BCUT2D eigenvalue weighted by Crippen LogP contribution is -2.54. The Morgan fingerprint density at radius 1 is 1.26 bits per heavy atom. The molecule has 19 heavy (non-hydrogen) atoms. The summed E-state index contributed by atoms with van der Waals surface area (Å²) in [4.78, 5) is 0. The molecule has 0 spiro atoms. The smallest absolute Gasteiger partial charge is 0.161 e. The van der Waals surface area contributed by atoms with Gasteiger partial charge < -0.3 is 19.9 Å². The van der Waals surface area contributed by atoms with Gasteiger partial charge in [-0.2, -0.15) is 0 Å². The molecule has 0 aromatic heterocycles. The molecule has 0 saturated carbocycles. The Morgan fingerprint density at radius 2 is 1.95 bits per heavy atom. The largest absolute Gasteiger partial charge is 0.493 e. The van der Waals surface area contributed by atoms with Crippen LogP contribution in [0, 0.1) is 5.92 Å². The maximum absolute atomic E-state index is 5.93. The molecular formula is C15H23NO3. The average Bonchev–Trinajstić information content (AvgIpc) is 2.41. The van der Waals surface area contributed by atoms with Gasteiger partial charge in [-0.3, -0.25) is 0 Å². The second kappa shape index (κ2) is 5.80. The first-order valence-electron chi connectivity index (χ1n) is 6.72. The van der Waals surface area contributed by atoms with Gasteiger partial charge in [0.15, 0.2) is 11.5 Å². The highest BCUT2D eigenvalue weighted by atomic mass is 16.5. The normalized spacial score (nSPS) is 18.5. The maximum Gasteiger partial charge on any atom is 0.161 e. The van der Waals surface area contributed by atoms with Gasteiger partial charge in [0.05, 0.1) is 27.4 Å². The summed E-state index contributed by atoms with van der Waals surface area (Å²) in [6, 6.07) is 6.11. The molecular weight excluding hydrogens is 242 g/mol. The molecule has 1 aromatic rings. The molecule has 1 unspecified atom stereocenters. The van der Waals surface area contributed by atoms with Crippen molar-refractivity contribution < 1.29 is 14.2 Å². The zero-order valence-electron chi connectivity index (χ0n) is 11.9. The fourth-order valence-electron chi connectivity index (χ4n) is 2.89. The Morgan fingerprint density at radius 3 is 2.37 bits per heavy atom. The third kappa shape index (κ3) is 2.30. The Bertz CT molecular complexity index is 425. The SMILES string of the molecule is CCC(CN)C1(c2ccc(OC)c(OC)c2)COC1. The number of hydrogen-bond acceptors (Lipinski definition) is 4. The van der Waals surface area contributed by atoms with Crippen molar-refractivity contribution in [2.24, 2.45) is 11.7 Å². The van der Waals surface area contributed by atoms with E-state index in [0.717, 1.165) is 31.1 Å². The van der Waals surface area contributed by atoms with Crippen molar-refractivity contribution in [3.8, 4) is 11.5 Å². The number of rotatable bonds is 6. The van der Waals surface area contributed by atoms with Crippen LogP contribution < -0.4 is 15.2 Å². The molecule has 1 fully saturated rings. The molecule has 1 heterocycles. The van der Waals surface area contributed by atoms with Gasteiger partial charge in [0.2, 0.25) is 0 Å². The molecule has 4 nitrogen and oxygen atoms in total. The van der Waals surface area contributed by atoms with E-state index in [1.54, 1.807) is 14.2 Å². The summed E-state index contributed by atoms with van der Waals surface area (Å²) in [5.41, 5.74) is 7.19. The average molecular weight is 265 g/mol. The summed E-state index contributed by atoms with van der Waals surface area (Å²) < 4.78 is 16.2. The highest BCUT2D eigenvalue weighted by molar-refractivity contribution is 5.46. The van der Waals surface area contributed by atoms with Crippen molar-refractivity contribution in [2.75, 3.05) is 34.0 Å². The molecule has 1 aliphatic heterocycles. The van der Waals surface area contributed by atoms with Crippen LogP contribution in [0.1, 0.15) is 18.9 Å². The molecule has 0 aliphatic carbocycles. The molecule has 1 atom stereocenters. The topological polar surface area (TPSA) is 53.7 Å². The summed E-state index contributed by atoms with van der Waals surface area (Å²) in [7, 11) is 3.31. The first kappa shape index (κ1) is 14.2. The Hall–Kier alpha value is -1.26. The number of methoxy groups -OCH3 is 2. The standard InChI is InChI=1S/C15H23NO3/c1-4-11(8-16)15(9-19-10-15)12-5-6-13(17-2)14(7-12)18-3/h5-7,11H,4,8-10,16H2,1-3H3. The van der Waals surface area contributed by atoms with Crippen molar-refractivity contribution in [3.05, 3.63) is 23.8 Å². The second-order valence-electron chi connectivity index (χ2n) is 5.06. The quantitative estimate of drug-likeness (QED) is 0.854. The summed E-state index contributed by atoms with van der Waals surface area (Å²) in [5, 5.41) is 0. The second-order valence-corrected chi connectivity index (χ2v) is 5.06. The van der Waals surface area contributed by atoms with E-state index in [0.29, 0.717) is 12.5 Å². The van der Waals surface area contributed by atoms with E-state index in [2.05, 4.69) is 19.1 Å². The van der Waals surface area contributed by atoms with E-state index in [1.165, 1.54) is 5.56 Å². The van der Waals surface area contributed by atoms with Gasteiger partial charge in [-0.25, -0.2) is 0 Å². The fraction of sp³-hybridized carbons (Fsp3) is 0.600. The zero-order valence-corrected chi connectivity index (χ0v) is 11.9. The first-order chi connectivity index (χ1) is 9.21. The molecule has 1 saturated heterocycles. The highest BCUT2D eigenvalue weighted by Gasteiger charge is 2.46. The van der Waals surface area contributed by atoms with E-state index in [9.17, 15) is 0 Å². The summed E-state index contributed by atoms with van der Waals surface area (Å²) in [6.07, 6.45) is 1.05. The third-order valence-electron chi connectivity index (χ3n) is 4.24. The van der Waals surface area contributed by atoms with Crippen LogP contribution in [0.25, 0.3) is 0 Å². The zero-order chi connectivity index (χ0) is 13.9. The van der Waals surface area contributed by atoms with Crippen LogP contribution in [0.4, 0.5) is 0 Å². The van der Waals surface area contributed by atoms with Gasteiger partial charge in [-0.1, -0.05) is 19.4 Å². The minimum Gasteiger partial charge on any atom is -0.493 e. The van der Waals surface area contributed by atoms with Crippen molar-refractivity contribution in [1.29, 1.82) is 0 Å². The van der Waals surface area contributed by atoms with Crippen molar-refractivity contribution in [2.45, 2.75) is 18.8 Å². The monoisotopic (exact) mass is 265 g/mol. The Labute approximate surface area is 114 Å². The lowest BCUT2D eigenvalue weighted by Gasteiger charge is -2.47. The molecule has 0 bridgehead atoms. The number of hydrogen-bond donors (Lipinski definition) is 1. The minimum atomic E-state index is 0.0308. The number of ether oxygens (including phenoxy) is 3. The number of benzene rings is 1. The molecule has 0 amide bonds. The van der Waals surface area contributed by atoms with Crippen molar-refractivity contribution >= 4 is 0 Å². The number of nitrogens with two attached hydrogens (primary N) is 1. The van der Waals surface area contributed by atoms with Crippen molar-refractivity contribution in [3.63, 3.8) is 0 Å². The van der Waals surface area contributed by atoms with Gasteiger partial charge >= 0.3 is 0 Å².